The highest BCUT2D eigenvalue weighted by Gasteiger charge is 2.19. The molecule has 1 aliphatic carbocycles. The van der Waals surface area contributed by atoms with E-state index in [4.69, 9.17) is 0 Å². The summed E-state index contributed by atoms with van der Waals surface area (Å²) in [5.41, 5.74) is 6.21. The monoisotopic (exact) mass is 375 g/mol. The third-order valence-corrected chi connectivity index (χ3v) is 5.41. The van der Waals surface area contributed by atoms with Crippen LogP contribution in [-0.4, -0.2) is 35.3 Å². The second-order valence-electron chi connectivity index (χ2n) is 7.62. The maximum absolute atomic E-state index is 12.8. The van der Waals surface area contributed by atoms with E-state index in [9.17, 15) is 9.59 Å². The lowest BCUT2D eigenvalue weighted by Crippen LogP contribution is -2.34. The Hall–Kier alpha value is -3.08. The quantitative estimate of drug-likeness (QED) is 0.722. The van der Waals surface area contributed by atoms with Crippen molar-refractivity contribution in [2.75, 3.05) is 18.9 Å². The minimum Gasteiger partial charge on any atom is -0.358 e. The molecule has 3 aromatic rings. The van der Waals surface area contributed by atoms with Crippen molar-refractivity contribution >= 4 is 28.4 Å². The molecule has 0 saturated heterocycles. The van der Waals surface area contributed by atoms with E-state index in [0.717, 1.165) is 35.0 Å². The van der Waals surface area contributed by atoms with E-state index in [2.05, 4.69) is 10.3 Å². The molecule has 2 aromatic carbocycles. The molecule has 1 heterocycles. The smallest absolute Gasteiger partial charge is 0.254 e. The molecule has 5 heteroatoms. The first-order valence-corrected chi connectivity index (χ1v) is 9.77. The SMILES string of the molecule is Cc1ccc(NC(=O)CN(C)C(=O)c2ccc3[nH]c4c(c3c2)CCCC4)cc1. The van der Waals surface area contributed by atoms with Crippen LogP contribution in [0, 0.1) is 6.92 Å². The molecule has 144 valence electrons. The van der Waals surface area contributed by atoms with Crippen molar-refractivity contribution in [3.63, 3.8) is 0 Å². The van der Waals surface area contributed by atoms with Gasteiger partial charge in [-0.1, -0.05) is 17.7 Å². The fraction of sp³-hybridized carbons (Fsp3) is 0.304. The van der Waals surface area contributed by atoms with Gasteiger partial charge in [0.25, 0.3) is 5.91 Å². The molecule has 0 aliphatic heterocycles. The van der Waals surface area contributed by atoms with Crippen molar-refractivity contribution in [1.82, 2.24) is 9.88 Å². The summed E-state index contributed by atoms with van der Waals surface area (Å²) in [6.07, 6.45) is 4.54. The second-order valence-corrected chi connectivity index (χ2v) is 7.62. The molecule has 0 fully saturated rings. The number of rotatable bonds is 4. The van der Waals surface area contributed by atoms with E-state index in [1.807, 2.05) is 49.4 Å². The molecule has 0 unspecified atom stereocenters. The first kappa shape index (κ1) is 18.3. The number of anilines is 1. The van der Waals surface area contributed by atoms with Gasteiger partial charge in [0.1, 0.15) is 0 Å². The number of carbonyl (C=O) groups is 2. The molecule has 2 amide bonds. The summed E-state index contributed by atoms with van der Waals surface area (Å²) in [6.45, 7) is 2.01. The molecule has 1 aliphatic rings. The van der Waals surface area contributed by atoms with E-state index in [1.54, 1.807) is 7.05 Å². The minimum atomic E-state index is -0.209. The third-order valence-electron chi connectivity index (χ3n) is 5.41. The van der Waals surface area contributed by atoms with Gasteiger partial charge in [-0.2, -0.15) is 0 Å². The number of fused-ring (bicyclic) bond motifs is 3. The molecular formula is C23H25N3O2. The number of aromatic nitrogens is 1. The van der Waals surface area contributed by atoms with Crippen LogP contribution in [0.2, 0.25) is 0 Å². The Bertz CT molecular complexity index is 1030. The van der Waals surface area contributed by atoms with Crippen LogP contribution in [0.4, 0.5) is 5.69 Å². The number of nitrogens with zero attached hydrogens (tertiary/aromatic N) is 1. The van der Waals surface area contributed by atoms with Gasteiger partial charge in [-0.25, -0.2) is 0 Å². The maximum Gasteiger partial charge on any atom is 0.254 e. The Morgan fingerprint density at radius 2 is 1.82 bits per heavy atom. The van der Waals surface area contributed by atoms with Crippen LogP contribution in [0.5, 0.6) is 0 Å². The van der Waals surface area contributed by atoms with Crippen molar-refractivity contribution in [3.8, 4) is 0 Å². The summed E-state index contributed by atoms with van der Waals surface area (Å²) in [7, 11) is 1.66. The van der Waals surface area contributed by atoms with Gasteiger partial charge in [0, 0.05) is 34.9 Å². The Morgan fingerprint density at radius 3 is 2.61 bits per heavy atom. The van der Waals surface area contributed by atoms with Gasteiger partial charge in [0.15, 0.2) is 0 Å². The van der Waals surface area contributed by atoms with E-state index in [0.29, 0.717) is 5.56 Å². The number of hydrogen-bond acceptors (Lipinski definition) is 2. The predicted molar refractivity (Wildman–Crippen MR) is 112 cm³/mol. The summed E-state index contributed by atoms with van der Waals surface area (Å²) in [6, 6.07) is 13.4. The number of aryl methyl sites for hydroxylation is 3. The van der Waals surface area contributed by atoms with Crippen molar-refractivity contribution in [1.29, 1.82) is 0 Å². The van der Waals surface area contributed by atoms with Crippen LogP contribution in [0.1, 0.15) is 40.0 Å². The number of likely N-dealkylation sites (N-methyl/N-ethyl adjacent to an activating group) is 1. The predicted octanol–water partition coefficient (Wildman–Crippen LogP) is 4.07. The molecule has 2 N–H and O–H groups in total. The van der Waals surface area contributed by atoms with Crippen molar-refractivity contribution in [2.45, 2.75) is 32.6 Å². The number of nitrogens with one attached hydrogen (secondary N) is 2. The molecule has 0 saturated carbocycles. The lowest BCUT2D eigenvalue weighted by atomic mass is 9.95. The zero-order chi connectivity index (χ0) is 19.7. The highest BCUT2D eigenvalue weighted by molar-refractivity contribution is 6.01. The van der Waals surface area contributed by atoms with Gasteiger partial charge in [0.2, 0.25) is 5.91 Å². The summed E-state index contributed by atoms with van der Waals surface area (Å²) >= 11 is 0. The van der Waals surface area contributed by atoms with Gasteiger partial charge >= 0.3 is 0 Å². The Balaban J connectivity index is 1.47. The second kappa shape index (κ2) is 7.50. The summed E-state index contributed by atoms with van der Waals surface area (Å²) in [5.74, 6) is -0.355. The average Bonchev–Trinajstić information content (AvgIpc) is 3.07. The molecule has 0 atom stereocenters. The number of hydrogen-bond donors (Lipinski definition) is 2. The number of benzene rings is 2. The van der Waals surface area contributed by atoms with Crippen LogP contribution in [0.25, 0.3) is 10.9 Å². The highest BCUT2D eigenvalue weighted by atomic mass is 16.2. The van der Waals surface area contributed by atoms with Crippen LogP contribution in [0.15, 0.2) is 42.5 Å². The number of carbonyl (C=O) groups excluding carboxylic acids is 2. The zero-order valence-corrected chi connectivity index (χ0v) is 16.3. The third kappa shape index (κ3) is 3.65. The van der Waals surface area contributed by atoms with Crippen LogP contribution in [-0.2, 0) is 17.6 Å². The van der Waals surface area contributed by atoms with Crippen LogP contribution >= 0.6 is 0 Å². The fourth-order valence-electron chi connectivity index (χ4n) is 3.88. The largest absolute Gasteiger partial charge is 0.358 e. The average molecular weight is 375 g/mol. The number of amides is 2. The number of H-pyrrole nitrogens is 1. The maximum atomic E-state index is 12.8. The summed E-state index contributed by atoms with van der Waals surface area (Å²) in [5, 5.41) is 3.97. The van der Waals surface area contributed by atoms with E-state index >= 15 is 0 Å². The van der Waals surface area contributed by atoms with Crippen molar-refractivity contribution < 1.29 is 9.59 Å². The first-order chi connectivity index (χ1) is 13.5. The molecule has 0 bridgehead atoms. The standard InChI is InChI=1S/C23H25N3O2/c1-15-7-10-17(11-8-15)24-22(27)14-26(2)23(28)16-9-12-21-19(13-16)18-5-3-4-6-20(18)25-21/h7-13,25H,3-6,14H2,1-2H3,(H,24,27). The van der Waals surface area contributed by atoms with E-state index in [1.165, 1.54) is 29.0 Å². The molecule has 5 nitrogen and oxygen atoms in total. The topological polar surface area (TPSA) is 65.2 Å². The Labute approximate surface area is 164 Å². The zero-order valence-electron chi connectivity index (χ0n) is 16.3. The highest BCUT2D eigenvalue weighted by Crippen LogP contribution is 2.29. The lowest BCUT2D eigenvalue weighted by Gasteiger charge is -2.17. The van der Waals surface area contributed by atoms with Crippen LogP contribution in [0.3, 0.4) is 0 Å². The molecular weight excluding hydrogens is 350 g/mol. The fourth-order valence-corrected chi connectivity index (χ4v) is 3.88. The van der Waals surface area contributed by atoms with Crippen molar-refractivity contribution in [3.05, 3.63) is 64.8 Å². The molecule has 1 aromatic heterocycles. The van der Waals surface area contributed by atoms with Gasteiger partial charge in [-0.05, 0) is 68.5 Å². The van der Waals surface area contributed by atoms with Gasteiger partial charge in [0.05, 0.1) is 6.54 Å². The Morgan fingerprint density at radius 1 is 1.07 bits per heavy atom. The molecule has 28 heavy (non-hydrogen) atoms. The Kier molecular flexibility index (Phi) is 4.90. The van der Waals surface area contributed by atoms with E-state index in [-0.39, 0.29) is 18.4 Å². The molecule has 0 spiro atoms. The van der Waals surface area contributed by atoms with Crippen molar-refractivity contribution in [2.24, 2.45) is 0 Å². The van der Waals surface area contributed by atoms with E-state index < -0.39 is 0 Å². The number of aromatic amines is 1. The summed E-state index contributed by atoms with van der Waals surface area (Å²) in [4.78, 5) is 30.1. The van der Waals surface area contributed by atoms with Gasteiger partial charge in [-0.15, -0.1) is 0 Å². The normalized spacial score (nSPS) is 13.2. The molecule has 4 rings (SSSR count). The summed E-state index contributed by atoms with van der Waals surface area (Å²) < 4.78 is 0. The van der Waals surface area contributed by atoms with Gasteiger partial charge < -0.3 is 15.2 Å². The first-order valence-electron chi connectivity index (χ1n) is 9.77. The minimum absolute atomic E-state index is 0.00991. The van der Waals surface area contributed by atoms with Gasteiger partial charge in [-0.3, -0.25) is 9.59 Å². The van der Waals surface area contributed by atoms with Crippen LogP contribution < -0.4 is 5.32 Å². The molecule has 0 radical (unpaired) electrons. The lowest BCUT2D eigenvalue weighted by molar-refractivity contribution is -0.116.